The van der Waals surface area contributed by atoms with E-state index < -0.39 is 10.8 Å². The SMILES string of the molecule is Cc1cc(C)cc(OC(=O)C(c2ccc([N+](=O)[O-])cc2)C(C)C)c1. The number of nitrogens with zero attached hydrogens (tertiary/aromatic N) is 1. The lowest BCUT2D eigenvalue weighted by Gasteiger charge is -2.20. The highest BCUT2D eigenvalue weighted by Gasteiger charge is 2.27. The molecule has 0 fully saturated rings. The van der Waals surface area contributed by atoms with Crippen molar-refractivity contribution < 1.29 is 14.5 Å². The van der Waals surface area contributed by atoms with Crippen molar-refractivity contribution >= 4 is 11.7 Å². The molecule has 0 heterocycles. The molecule has 0 N–H and O–H groups in total. The summed E-state index contributed by atoms with van der Waals surface area (Å²) in [5.41, 5.74) is 2.76. The van der Waals surface area contributed by atoms with Crippen LogP contribution in [0.25, 0.3) is 0 Å². The largest absolute Gasteiger partial charge is 0.426 e. The Morgan fingerprint density at radius 2 is 1.58 bits per heavy atom. The second kappa shape index (κ2) is 7.25. The van der Waals surface area contributed by atoms with Crippen LogP contribution in [0.3, 0.4) is 0 Å². The van der Waals surface area contributed by atoms with Crippen LogP contribution in [0.4, 0.5) is 5.69 Å². The molecule has 0 aromatic heterocycles. The van der Waals surface area contributed by atoms with Crippen molar-refractivity contribution in [2.75, 3.05) is 0 Å². The molecule has 24 heavy (non-hydrogen) atoms. The standard InChI is InChI=1S/C19H21NO4/c1-12(2)18(15-5-7-16(8-6-15)20(22)23)19(21)24-17-10-13(3)9-14(4)11-17/h5-12,18H,1-4H3. The molecule has 0 radical (unpaired) electrons. The van der Waals surface area contributed by atoms with Crippen molar-refractivity contribution in [2.45, 2.75) is 33.6 Å². The number of hydrogen-bond donors (Lipinski definition) is 0. The summed E-state index contributed by atoms with van der Waals surface area (Å²) in [7, 11) is 0. The molecule has 0 aliphatic heterocycles. The van der Waals surface area contributed by atoms with Gasteiger partial charge in [-0.15, -0.1) is 0 Å². The van der Waals surface area contributed by atoms with Crippen LogP contribution in [0.2, 0.25) is 0 Å². The number of nitro groups is 1. The van der Waals surface area contributed by atoms with Gasteiger partial charge in [-0.05, 0) is 48.6 Å². The number of carbonyl (C=O) groups is 1. The summed E-state index contributed by atoms with van der Waals surface area (Å²) in [4.78, 5) is 23.0. The number of carbonyl (C=O) groups excluding carboxylic acids is 1. The van der Waals surface area contributed by atoms with Gasteiger partial charge in [0.1, 0.15) is 5.75 Å². The number of non-ortho nitro benzene ring substituents is 1. The fourth-order valence-electron chi connectivity index (χ4n) is 2.77. The molecule has 1 unspecified atom stereocenters. The summed E-state index contributed by atoms with van der Waals surface area (Å²) < 4.78 is 5.56. The van der Waals surface area contributed by atoms with Gasteiger partial charge in [0.15, 0.2) is 0 Å². The van der Waals surface area contributed by atoms with Crippen molar-refractivity contribution in [2.24, 2.45) is 5.92 Å². The first kappa shape index (κ1) is 17.7. The van der Waals surface area contributed by atoms with E-state index in [0.29, 0.717) is 11.3 Å². The lowest BCUT2D eigenvalue weighted by molar-refractivity contribution is -0.384. The molecule has 0 bridgehead atoms. The lowest BCUT2D eigenvalue weighted by atomic mass is 9.88. The first-order chi connectivity index (χ1) is 11.3. The molecule has 0 spiro atoms. The third-order valence-corrected chi connectivity index (χ3v) is 3.80. The predicted molar refractivity (Wildman–Crippen MR) is 92.2 cm³/mol. The van der Waals surface area contributed by atoms with E-state index in [1.807, 2.05) is 45.9 Å². The summed E-state index contributed by atoms with van der Waals surface area (Å²) in [5, 5.41) is 10.8. The molecule has 0 saturated heterocycles. The predicted octanol–water partition coefficient (Wildman–Crippen LogP) is 4.56. The van der Waals surface area contributed by atoms with Crippen LogP contribution < -0.4 is 4.74 Å². The van der Waals surface area contributed by atoms with Gasteiger partial charge in [-0.25, -0.2) is 0 Å². The number of rotatable bonds is 5. The van der Waals surface area contributed by atoms with Gasteiger partial charge >= 0.3 is 5.97 Å². The van der Waals surface area contributed by atoms with E-state index in [1.165, 1.54) is 12.1 Å². The number of nitro benzene ring substituents is 1. The Morgan fingerprint density at radius 1 is 1.04 bits per heavy atom. The minimum atomic E-state index is -0.480. The second-order valence-corrected chi connectivity index (χ2v) is 6.31. The first-order valence-electron chi connectivity index (χ1n) is 7.82. The minimum Gasteiger partial charge on any atom is -0.426 e. The van der Waals surface area contributed by atoms with Crippen molar-refractivity contribution in [3.8, 4) is 5.75 Å². The van der Waals surface area contributed by atoms with E-state index in [0.717, 1.165) is 11.1 Å². The lowest BCUT2D eigenvalue weighted by Crippen LogP contribution is -2.23. The summed E-state index contributed by atoms with van der Waals surface area (Å²) in [6.45, 7) is 7.74. The Kier molecular flexibility index (Phi) is 5.34. The minimum absolute atomic E-state index is 0.00364. The smallest absolute Gasteiger partial charge is 0.319 e. The zero-order valence-corrected chi connectivity index (χ0v) is 14.3. The topological polar surface area (TPSA) is 69.4 Å². The van der Waals surface area contributed by atoms with E-state index in [-0.39, 0.29) is 17.6 Å². The fraction of sp³-hybridized carbons (Fsp3) is 0.316. The second-order valence-electron chi connectivity index (χ2n) is 6.31. The monoisotopic (exact) mass is 327 g/mol. The zero-order valence-electron chi connectivity index (χ0n) is 14.3. The maximum atomic E-state index is 12.6. The molecule has 0 amide bonds. The van der Waals surface area contributed by atoms with Gasteiger partial charge in [0, 0.05) is 12.1 Å². The number of ether oxygens (including phenoxy) is 1. The Labute approximate surface area is 141 Å². The average molecular weight is 327 g/mol. The van der Waals surface area contributed by atoms with E-state index in [4.69, 9.17) is 4.74 Å². The van der Waals surface area contributed by atoms with Crippen molar-refractivity contribution in [3.63, 3.8) is 0 Å². The van der Waals surface area contributed by atoms with Crippen molar-refractivity contribution in [1.29, 1.82) is 0 Å². The normalized spacial score (nSPS) is 12.0. The van der Waals surface area contributed by atoms with Gasteiger partial charge in [-0.1, -0.05) is 32.0 Å². The van der Waals surface area contributed by atoms with Gasteiger partial charge in [0.25, 0.3) is 5.69 Å². The van der Waals surface area contributed by atoms with Gasteiger partial charge in [0.05, 0.1) is 10.8 Å². The molecule has 5 heteroatoms. The van der Waals surface area contributed by atoms with E-state index in [2.05, 4.69) is 0 Å². The molecule has 0 aliphatic rings. The van der Waals surface area contributed by atoms with Crippen molar-refractivity contribution in [1.82, 2.24) is 0 Å². The van der Waals surface area contributed by atoms with Gasteiger partial charge < -0.3 is 4.74 Å². The first-order valence-corrected chi connectivity index (χ1v) is 7.82. The molecule has 2 aromatic rings. The molecule has 0 aliphatic carbocycles. The fourth-order valence-corrected chi connectivity index (χ4v) is 2.77. The number of aryl methyl sites for hydroxylation is 2. The molecule has 2 aromatic carbocycles. The molecular weight excluding hydrogens is 306 g/mol. The van der Waals surface area contributed by atoms with Gasteiger partial charge in [-0.3, -0.25) is 14.9 Å². The highest BCUT2D eigenvalue weighted by molar-refractivity contribution is 5.80. The third kappa shape index (κ3) is 4.19. The van der Waals surface area contributed by atoms with Crippen molar-refractivity contribution in [3.05, 3.63) is 69.3 Å². The summed E-state index contributed by atoms with van der Waals surface area (Å²) >= 11 is 0. The van der Waals surface area contributed by atoms with Crippen LogP contribution in [-0.4, -0.2) is 10.9 Å². The van der Waals surface area contributed by atoms with Crippen LogP contribution in [0.15, 0.2) is 42.5 Å². The maximum Gasteiger partial charge on any atom is 0.319 e. The Hall–Kier alpha value is -2.69. The molecule has 126 valence electrons. The number of esters is 1. The van der Waals surface area contributed by atoms with E-state index >= 15 is 0 Å². The average Bonchev–Trinajstić information content (AvgIpc) is 2.46. The van der Waals surface area contributed by atoms with E-state index in [1.54, 1.807) is 12.1 Å². The van der Waals surface area contributed by atoms with Crippen LogP contribution >= 0.6 is 0 Å². The van der Waals surface area contributed by atoms with Crippen LogP contribution in [0.5, 0.6) is 5.75 Å². The summed E-state index contributed by atoms with van der Waals surface area (Å²) in [6.07, 6.45) is 0. The molecule has 0 saturated carbocycles. The molecule has 1 atom stereocenters. The summed E-state index contributed by atoms with van der Waals surface area (Å²) in [6, 6.07) is 11.7. The highest BCUT2D eigenvalue weighted by atomic mass is 16.6. The molecule has 5 nitrogen and oxygen atoms in total. The maximum absolute atomic E-state index is 12.6. The van der Waals surface area contributed by atoms with Gasteiger partial charge in [0.2, 0.25) is 0 Å². The van der Waals surface area contributed by atoms with E-state index in [9.17, 15) is 14.9 Å². The Balaban J connectivity index is 2.26. The Bertz CT molecular complexity index is 730. The Morgan fingerprint density at radius 3 is 2.04 bits per heavy atom. The van der Waals surface area contributed by atoms with Crippen LogP contribution in [0.1, 0.15) is 36.5 Å². The molecule has 2 rings (SSSR count). The third-order valence-electron chi connectivity index (χ3n) is 3.80. The highest BCUT2D eigenvalue weighted by Crippen LogP contribution is 2.29. The number of benzene rings is 2. The molecular formula is C19H21NO4. The quantitative estimate of drug-likeness (QED) is 0.349. The van der Waals surface area contributed by atoms with Crippen LogP contribution in [-0.2, 0) is 4.79 Å². The number of hydrogen-bond acceptors (Lipinski definition) is 4. The zero-order chi connectivity index (χ0) is 17.9. The van der Waals surface area contributed by atoms with Crippen LogP contribution in [0, 0.1) is 29.9 Å². The summed E-state index contributed by atoms with van der Waals surface area (Å²) in [5.74, 6) is -0.314. The van der Waals surface area contributed by atoms with Gasteiger partial charge in [-0.2, -0.15) is 0 Å².